The van der Waals surface area contributed by atoms with Crippen molar-refractivity contribution in [1.29, 1.82) is 0 Å². The second-order valence-corrected chi connectivity index (χ2v) is 6.50. The van der Waals surface area contributed by atoms with Crippen molar-refractivity contribution in [3.05, 3.63) is 48.2 Å². The van der Waals surface area contributed by atoms with E-state index in [2.05, 4.69) is 23.5 Å². The molecular weight excluding hydrogens is 286 g/mol. The normalized spacial score (nSPS) is 16.0. The van der Waals surface area contributed by atoms with Gasteiger partial charge in [0.1, 0.15) is 5.58 Å². The molecule has 1 fully saturated rings. The Balaban J connectivity index is 1.61. The summed E-state index contributed by atoms with van der Waals surface area (Å²) in [7, 11) is 0. The van der Waals surface area contributed by atoms with Crippen LogP contribution in [0.25, 0.3) is 21.7 Å². The molecule has 0 unspecified atom stereocenters. The van der Waals surface area contributed by atoms with Crippen LogP contribution in [0.3, 0.4) is 0 Å². The van der Waals surface area contributed by atoms with Gasteiger partial charge in [0.25, 0.3) is 0 Å². The molecule has 0 aliphatic heterocycles. The Morgan fingerprint density at radius 2 is 1.91 bits per heavy atom. The lowest BCUT2D eigenvalue weighted by Crippen LogP contribution is -2.37. The number of nitrogens with one attached hydrogen (secondary N) is 1. The van der Waals surface area contributed by atoms with Crippen LogP contribution in [-0.4, -0.2) is 11.9 Å². The first kappa shape index (κ1) is 14.3. The van der Waals surface area contributed by atoms with E-state index in [1.807, 2.05) is 18.2 Å². The molecule has 3 aromatic rings. The maximum atomic E-state index is 12.4. The minimum atomic E-state index is 0.104. The molecule has 1 aliphatic carbocycles. The molecule has 0 radical (unpaired) electrons. The number of rotatable bonds is 3. The van der Waals surface area contributed by atoms with Crippen LogP contribution >= 0.6 is 0 Å². The Kier molecular flexibility index (Phi) is 3.78. The van der Waals surface area contributed by atoms with E-state index in [-0.39, 0.29) is 5.91 Å². The summed E-state index contributed by atoms with van der Waals surface area (Å²) in [6, 6.07) is 12.6. The number of furan rings is 1. The lowest BCUT2D eigenvalue weighted by molar-refractivity contribution is -0.121. The van der Waals surface area contributed by atoms with E-state index in [4.69, 9.17) is 4.42 Å². The van der Waals surface area contributed by atoms with Gasteiger partial charge in [0.05, 0.1) is 12.7 Å². The Hall–Kier alpha value is -2.29. The molecule has 2 aromatic carbocycles. The van der Waals surface area contributed by atoms with Gasteiger partial charge < -0.3 is 9.73 Å². The summed E-state index contributed by atoms with van der Waals surface area (Å²) in [5.74, 6) is 0.104. The third-order valence-electron chi connectivity index (χ3n) is 4.86. The molecule has 1 aromatic heterocycles. The fraction of sp³-hybridized carbons (Fsp3) is 0.350. The molecule has 1 aliphatic rings. The van der Waals surface area contributed by atoms with Crippen molar-refractivity contribution in [3.63, 3.8) is 0 Å². The summed E-state index contributed by atoms with van der Waals surface area (Å²) in [5, 5.41) is 6.59. The lowest BCUT2D eigenvalue weighted by Gasteiger charge is -2.22. The van der Waals surface area contributed by atoms with Crippen LogP contribution < -0.4 is 5.32 Å². The first-order valence-electron chi connectivity index (χ1n) is 8.48. The summed E-state index contributed by atoms with van der Waals surface area (Å²) >= 11 is 0. The van der Waals surface area contributed by atoms with Crippen LogP contribution in [0, 0.1) is 0 Å². The summed E-state index contributed by atoms with van der Waals surface area (Å²) in [4.78, 5) is 12.4. The van der Waals surface area contributed by atoms with Gasteiger partial charge in [0, 0.05) is 17.0 Å². The summed E-state index contributed by atoms with van der Waals surface area (Å²) < 4.78 is 5.67. The first-order valence-corrected chi connectivity index (χ1v) is 8.48. The van der Waals surface area contributed by atoms with Crippen LogP contribution in [0.1, 0.15) is 37.7 Å². The number of carbonyl (C=O) groups is 1. The minimum absolute atomic E-state index is 0.104. The van der Waals surface area contributed by atoms with Crippen molar-refractivity contribution in [2.45, 2.75) is 44.6 Å². The van der Waals surface area contributed by atoms with Gasteiger partial charge in [0.15, 0.2) is 0 Å². The molecule has 23 heavy (non-hydrogen) atoms. The zero-order valence-corrected chi connectivity index (χ0v) is 13.2. The van der Waals surface area contributed by atoms with E-state index in [0.29, 0.717) is 12.5 Å². The summed E-state index contributed by atoms with van der Waals surface area (Å²) in [5.41, 5.74) is 1.83. The Morgan fingerprint density at radius 1 is 1.09 bits per heavy atom. The molecule has 0 atom stereocenters. The molecule has 118 valence electrons. The monoisotopic (exact) mass is 307 g/mol. The Labute approximate surface area is 135 Å². The van der Waals surface area contributed by atoms with E-state index in [1.54, 1.807) is 6.26 Å². The van der Waals surface area contributed by atoms with Gasteiger partial charge in [-0.2, -0.15) is 0 Å². The quantitative estimate of drug-likeness (QED) is 0.769. The molecule has 3 nitrogen and oxygen atoms in total. The highest BCUT2D eigenvalue weighted by molar-refractivity contribution is 6.08. The second kappa shape index (κ2) is 6.07. The predicted octanol–water partition coefficient (Wildman–Crippen LogP) is 4.58. The van der Waals surface area contributed by atoms with Crippen molar-refractivity contribution in [2.24, 2.45) is 0 Å². The molecule has 1 heterocycles. The molecule has 0 bridgehead atoms. The number of hydrogen-bond donors (Lipinski definition) is 1. The highest BCUT2D eigenvalue weighted by Crippen LogP contribution is 2.30. The van der Waals surface area contributed by atoms with Gasteiger partial charge in [-0.15, -0.1) is 0 Å². The Bertz CT molecular complexity index is 843. The van der Waals surface area contributed by atoms with E-state index >= 15 is 0 Å². The van der Waals surface area contributed by atoms with Crippen molar-refractivity contribution in [3.8, 4) is 0 Å². The average molecular weight is 307 g/mol. The van der Waals surface area contributed by atoms with E-state index in [9.17, 15) is 4.79 Å². The third kappa shape index (κ3) is 2.83. The standard InChI is InChI=1S/C20H21NO2/c22-19(21-16-7-2-1-3-8-16)12-15-13-23-18-11-10-14-6-4-5-9-17(14)20(15)18/h4-6,9-11,13,16H,1-3,7-8,12H2,(H,21,22). The third-order valence-corrected chi connectivity index (χ3v) is 4.86. The fourth-order valence-electron chi connectivity index (χ4n) is 3.70. The highest BCUT2D eigenvalue weighted by Gasteiger charge is 2.18. The van der Waals surface area contributed by atoms with Gasteiger partial charge >= 0.3 is 0 Å². The van der Waals surface area contributed by atoms with E-state index in [0.717, 1.165) is 34.8 Å². The number of carbonyl (C=O) groups excluding carboxylic acids is 1. The van der Waals surface area contributed by atoms with Crippen LogP contribution in [-0.2, 0) is 11.2 Å². The molecular formula is C20H21NO2. The van der Waals surface area contributed by atoms with Crippen molar-refractivity contribution in [2.75, 3.05) is 0 Å². The zero-order chi connectivity index (χ0) is 15.6. The van der Waals surface area contributed by atoms with Gasteiger partial charge in [0.2, 0.25) is 5.91 Å². The molecule has 1 saturated carbocycles. The molecule has 1 N–H and O–H groups in total. The summed E-state index contributed by atoms with van der Waals surface area (Å²) in [6.45, 7) is 0. The van der Waals surface area contributed by atoms with Crippen LogP contribution in [0.5, 0.6) is 0 Å². The second-order valence-electron chi connectivity index (χ2n) is 6.50. The smallest absolute Gasteiger partial charge is 0.224 e. The fourth-order valence-corrected chi connectivity index (χ4v) is 3.70. The average Bonchev–Trinajstić information content (AvgIpc) is 2.99. The summed E-state index contributed by atoms with van der Waals surface area (Å²) in [6.07, 6.45) is 8.09. The van der Waals surface area contributed by atoms with Crippen LogP contribution in [0.2, 0.25) is 0 Å². The first-order chi connectivity index (χ1) is 11.3. The molecule has 0 saturated heterocycles. The molecule has 4 rings (SSSR count). The number of amides is 1. The van der Waals surface area contributed by atoms with Gasteiger partial charge in [-0.25, -0.2) is 0 Å². The minimum Gasteiger partial charge on any atom is -0.464 e. The zero-order valence-electron chi connectivity index (χ0n) is 13.2. The van der Waals surface area contributed by atoms with Crippen LogP contribution in [0.4, 0.5) is 0 Å². The number of benzene rings is 2. The van der Waals surface area contributed by atoms with Gasteiger partial charge in [-0.05, 0) is 29.7 Å². The lowest BCUT2D eigenvalue weighted by atomic mass is 9.95. The maximum absolute atomic E-state index is 12.4. The molecule has 1 amide bonds. The Morgan fingerprint density at radius 3 is 2.78 bits per heavy atom. The maximum Gasteiger partial charge on any atom is 0.224 e. The van der Waals surface area contributed by atoms with Crippen molar-refractivity contribution in [1.82, 2.24) is 5.32 Å². The SMILES string of the molecule is O=C(Cc1coc2ccc3ccccc3c12)NC1CCCCC1. The number of fused-ring (bicyclic) bond motifs is 3. The van der Waals surface area contributed by atoms with Crippen LogP contribution in [0.15, 0.2) is 47.1 Å². The topological polar surface area (TPSA) is 42.2 Å². The molecule has 3 heteroatoms. The van der Waals surface area contributed by atoms with Crippen molar-refractivity contribution >= 4 is 27.6 Å². The van der Waals surface area contributed by atoms with Gasteiger partial charge in [-0.1, -0.05) is 49.6 Å². The van der Waals surface area contributed by atoms with Crippen molar-refractivity contribution < 1.29 is 9.21 Å². The largest absolute Gasteiger partial charge is 0.464 e. The van der Waals surface area contributed by atoms with E-state index < -0.39 is 0 Å². The number of hydrogen-bond acceptors (Lipinski definition) is 2. The predicted molar refractivity (Wildman–Crippen MR) is 92.4 cm³/mol. The molecule has 0 spiro atoms. The van der Waals surface area contributed by atoms with Gasteiger partial charge in [-0.3, -0.25) is 4.79 Å². The highest BCUT2D eigenvalue weighted by atomic mass is 16.3. The van der Waals surface area contributed by atoms with E-state index in [1.165, 1.54) is 24.6 Å².